The molecule has 0 bridgehead atoms. The van der Waals surface area contributed by atoms with E-state index in [1.807, 2.05) is 50.2 Å². The number of amides is 1. The molecule has 1 N–H and O–H groups in total. The van der Waals surface area contributed by atoms with E-state index in [0.717, 1.165) is 15.6 Å². The van der Waals surface area contributed by atoms with Gasteiger partial charge in [-0.05, 0) is 73.5 Å². The number of carbonyl (C=O) groups excluding carboxylic acids is 2. The van der Waals surface area contributed by atoms with Gasteiger partial charge in [-0.25, -0.2) is 4.79 Å². The van der Waals surface area contributed by atoms with Crippen LogP contribution in [0.25, 0.3) is 0 Å². The third kappa shape index (κ3) is 5.45. The summed E-state index contributed by atoms with van der Waals surface area (Å²) in [5, 5.41) is 2.76. The summed E-state index contributed by atoms with van der Waals surface area (Å²) in [5.41, 5.74) is 3.02. The molecule has 0 aliphatic carbocycles. The number of halogens is 1. The van der Waals surface area contributed by atoms with Gasteiger partial charge in [0.15, 0.2) is 6.61 Å². The van der Waals surface area contributed by atoms with Crippen LogP contribution in [0.1, 0.15) is 21.5 Å². The molecule has 0 aliphatic rings. The zero-order chi connectivity index (χ0) is 20.8. The maximum Gasteiger partial charge on any atom is 0.338 e. The zero-order valence-electron chi connectivity index (χ0n) is 16.1. The average Bonchev–Trinajstić information content (AvgIpc) is 2.74. The molecule has 0 unspecified atom stereocenters. The Morgan fingerprint density at radius 2 is 1.52 bits per heavy atom. The summed E-state index contributed by atoms with van der Waals surface area (Å²) in [5.74, 6) is 0.340. The van der Waals surface area contributed by atoms with Crippen molar-refractivity contribution in [3.8, 4) is 11.5 Å². The summed E-state index contributed by atoms with van der Waals surface area (Å²) in [6.07, 6.45) is 0. The van der Waals surface area contributed by atoms with Gasteiger partial charge in [0.25, 0.3) is 5.91 Å². The average molecular weight is 454 g/mol. The number of hydrogen-bond acceptors (Lipinski definition) is 4. The van der Waals surface area contributed by atoms with Gasteiger partial charge < -0.3 is 14.8 Å². The molecule has 29 heavy (non-hydrogen) atoms. The fraction of sp³-hybridized carbons (Fsp3) is 0.130. The Balaban J connectivity index is 1.54. The third-order valence-electron chi connectivity index (χ3n) is 4.40. The van der Waals surface area contributed by atoms with E-state index in [-0.39, 0.29) is 6.61 Å². The van der Waals surface area contributed by atoms with Crippen LogP contribution in [-0.4, -0.2) is 18.5 Å². The van der Waals surface area contributed by atoms with Gasteiger partial charge in [0.1, 0.15) is 11.5 Å². The first-order chi connectivity index (χ1) is 13.9. The van der Waals surface area contributed by atoms with Gasteiger partial charge in [0.2, 0.25) is 0 Å². The molecule has 0 aromatic heterocycles. The first-order valence-corrected chi connectivity index (χ1v) is 9.79. The van der Waals surface area contributed by atoms with E-state index in [9.17, 15) is 9.59 Å². The standard InChI is InChI=1S/C23H20BrNO4/c1-15-16(2)21(13-12-20(15)24)25-22(26)14-28-23(27)17-8-10-19(11-9-17)29-18-6-4-3-5-7-18/h3-13H,14H2,1-2H3,(H,25,26). The van der Waals surface area contributed by atoms with Gasteiger partial charge in [-0.3, -0.25) is 4.79 Å². The second-order valence-electron chi connectivity index (χ2n) is 6.41. The molecule has 5 nitrogen and oxygen atoms in total. The normalized spacial score (nSPS) is 10.3. The van der Waals surface area contributed by atoms with Crippen LogP contribution in [0.5, 0.6) is 11.5 Å². The lowest BCUT2D eigenvalue weighted by Crippen LogP contribution is -2.21. The first kappa shape index (κ1) is 20.6. The van der Waals surface area contributed by atoms with E-state index < -0.39 is 11.9 Å². The van der Waals surface area contributed by atoms with Crippen molar-refractivity contribution in [3.05, 3.63) is 87.9 Å². The highest BCUT2D eigenvalue weighted by Crippen LogP contribution is 2.26. The van der Waals surface area contributed by atoms with Crippen LogP contribution in [0.3, 0.4) is 0 Å². The van der Waals surface area contributed by atoms with Gasteiger partial charge in [0, 0.05) is 10.2 Å². The highest BCUT2D eigenvalue weighted by Gasteiger charge is 2.12. The lowest BCUT2D eigenvalue weighted by Gasteiger charge is -2.12. The highest BCUT2D eigenvalue weighted by molar-refractivity contribution is 9.10. The van der Waals surface area contributed by atoms with Crippen molar-refractivity contribution in [2.45, 2.75) is 13.8 Å². The Bertz CT molecular complexity index is 1020. The Morgan fingerprint density at radius 3 is 2.21 bits per heavy atom. The smallest absolute Gasteiger partial charge is 0.338 e. The lowest BCUT2D eigenvalue weighted by atomic mass is 10.1. The van der Waals surface area contributed by atoms with Gasteiger partial charge in [0.05, 0.1) is 5.56 Å². The molecule has 6 heteroatoms. The monoisotopic (exact) mass is 453 g/mol. The van der Waals surface area contributed by atoms with Crippen LogP contribution in [0.4, 0.5) is 5.69 Å². The van der Waals surface area contributed by atoms with E-state index in [1.165, 1.54) is 0 Å². The Morgan fingerprint density at radius 1 is 0.862 bits per heavy atom. The van der Waals surface area contributed by atoms with E-state index in [0.29, 0.717) is 22.7 Å². The predicted molar refractivity (Wildman–Crippen MR) is 115 cm³/mol. The van der Waals surface area contributed by atoms with Crippen molar-refractivity contribution >= 4 is 33.5 Å². The van der Waals surface area contributed by atoms with Gasteiger partial charge >= 0.3 is 5.97 Å². The van der Waals surface area contributed by atoms with Crippen LogP contribution in [-0.2, 0) is 9.53 Å². The second kappa shape index (κ2) is 9.39. The molecule has 0 fully saturated rings. The highest BCUT2D eigenvalue weighted by atomic mass is 79.9. The molecular formula is C23H20BrNO4. The quantitative estimate of drug-likeness (QED) is 0.489. The predicted octanol–water partition coefficient (Wildman–Crippen LogP) is 5.65. The minimum absolute atomic E-state index is 0.342. The molecule has 3 aromatic carbocycles. The third-order valence-corrected chi connectivity index (χ3v) is 5.26. The second-order valence-corrected chi connectivity index (χ2v) is 7.26. The molecule has 0 spiro atoms. The fourth-order valence-electron chi connectivity index (χ4n) is 2.61. The number of nitrogens with one attached hydrogen (secondary N) is 1. The lowest BCUT2D eigenvalue weighted by molar-refractivity contribution is -0.119. The van der Waals surface area contributed by atoms with E-state index >= 15 is 0 Å². The minimum Gasteiger partial charge on any atom is -0.457 e. The Kier molecular flexibility index (Phi) is 6.67. The Hall–Kier alpha value is -3.12. The summed E-state index contributed by atoms with van der Waals surface area (Å²) in [6.45, 7) is 3.51. The SMILES string of the molecule is Cc1c(Br)ccc(NC(=O)COC(=O)c2ccc(Oc3ccccc3)cc2)c1C. The number of para-hydroxylation sites is 1. The maximum atomic E-state index is 12.2. The summed E-state index contributed by atoms with van der Waals surface area (Å²) in [6, 6.07) is 19.6. The number of carbonyl (C=O) groups is 2. The van der Waals surface area contributed by atoms with Crippen molar-refractivity contribution in [1.82, 2.24) is 0 Å². The molecular weight excluding hydrogens is 434 g/mol. The van der Waals surface area contributed by atoms with E-state index in [2.05, 4.69) is 21.2 Å². The van der Waals surface area contributed by atoms with Crippen LogP contribution < -0.4 is 10.1 Å². The van der Waals surface area contributed by atoms with Gasteiger partial charge in [-0.15, -0.1) is 0 Å². The summed E-state index contributed by atoms with van der Waals surface area (Å²) in [7, 11) is 0. The number of ether oxygens (including phenoxy) is 2. The van der Waals surface area contributed by atoms with Crippen molar-refractivity contribution in [2.75, 3.05) is 11.9 Å². The van der Waals surface area contributed by atoms with E-state index in [4.69, 9.17) is 9.47 Å². The number of benzene rings is 3. The molecule has 148 valence electrons. The number of anilines is 1. The number of esters is 1. The van der Waals surface area contributed by atoms with Gasteiger partial charge in [-0.1, -0.05) is 34.1 Å². The maximum absolute atomic E-state index is 12.2. The largest absolute Gasteiger partial charge is 0.457 e. The van der Waals surface area contributed by atoms with Crippen molar-refractivity contribution in [3.63, 3.8) is 0 Å². The molecule has 0 atom stereocenters. The van der Waals surface area contributed by atoms with Crippen molar-refractivity contribution in [1.29, 1.82) is 0 Å². The topological polar surface area (TPSA) is 64.6 Å². The molecule has 3 rings (SSSR count). The van der Waals surface area contributed by atoms with Crippen LogP contribution in [0, 0.1) is 13.8 Å². The zero-order valence-corrected chi connectivity index (χ0v) is 17.7. The number of hydrogen-bond donors (Lipinski definition) is 1. The molecule has 0 aliphatic heterocycles. The molecule has 0 saturated carbocycles. The van der Waals surface area contributed by atoms with Crippen LogP contribution in [0.2, 0.25) is 0 Å². The number of rotatable bonds is 6. The van der Waals surface area contributed by atoms with Crippen LogP contribution >= 0.6 is 15.9 Å². The van der Waals surface area contributed by atoms with E-state index in [1.54, 1.807) is 30.3 Å². The summed E-state index contributed by atoms with van der Waals surface area (Å²) >= 11 is 3.45. The first-order valence-electron chi connectivity index (χ1n) is 8.99. The fourth-order valence-corrected chi connectivity index (χ4v) is 3.04. The molecule has 0 heterocycles. The minimum atomic E-state index is -0.574. The van der Waals surface area contributed by atoms with Crippen molar-refractivity contribution < 1.29 is 19.1 Å². The van der Waals surface area contributed by atoms with Gasteiger partial charge in [-0.2, -0.15) is 0 Å². The molecule has 0 saturated heterocycles. The van der Waals surface area contributed by atoms with Crippen LogP contribution in [0.15, 0.2) is 71.2 Å². The Labute approximate surface area is 177 Å². The molecule has 0 radical (unpaired) electrons. The molecule has 1 amide bonds. The summed E-state index contributed by atoms with van der Waals surface area (Å²) < 4.78 is 11.8. The molecule has 3 aromatic rings. The van der Waals surface area contributed by atoms with Crippen molar-refractivity contribution in [2.24, 2.45) is 0 Å². The summed E-state index contributed by atoms with van der Waals surface area (Å²) in [4.78, 5) is 24.3.